The van der Waals surface area contributed by atoms with Crippen molar-refractivity contribution in [3.05, 3.63) is 109 Å². The van der Waals surface area contributed by atoms with E-state index in [-0.39, 0.29) is 25.5 Å². The maximum absolute atomic E-state index is 5.86. The van der Waals surface area contributed by atoms with Crippen LogP contribution < -0.4 is 5.19 Å². The summed E-state index contributed by atoms with van der Waals surface area (Å²) in [6.45, 7) is 18.5. The molecule has 6 aromatic rings. The Kier molecular flexibility index (Phi) is 10.4. The van der Waals surface area contributed by atoms with Gasteiger partial charge >= 0.3 is 0 Å². The summed E-state index contributed by atoms with van der Waals surface area (Å²) in [5.74, 6) is 0.655. The zero-order chi connectivity index (χ0) is 30.8. The summed E-state index contributed by atoms with van der Waals surface area (Å²) in [5.41, 5.74) is 8.25. The first kappa shape index (κ1) is 33.4. The molecule has 0 saturated carbocycles. The van der Waals surface area contributed by atoms with E-state index < -0.39 is 8.07 Å². The third kappa shape index (κ3) is 7.61. The summed E-state index contributed by atoms with van der Waals surface area (Å²) in [6, 6.07) is 29.1. The Bertz CT molecular complexity index is 1830. The number of fused-ring (bicyclic) bond motifs is 3. The van der Waals surface area contributed by atoms with Crippen LogP contribution in [-0.4, -0.2) is 23.0 Å². The van der Waals surface area contributed by atoms with E-state index in [9.17, 15) is 0 Å². The van der Waals surface area contributed by atoms with Crippen molar-refractivity contribution in [1.82, 2.24) is 15.0 Å². The number of benzene rings is 2. The van der Waals surface area contributed by atoms with Crippen molar-refractivity contribution in [2.75, 3.05) is 0 Å². The number of hydrogen-bond donors (Lipinski definition) is 0. The van der Waals surface area contributed by atoms with Crippen LogP contribution in [0, 0.1) is 18.1 Å². The minimum Gasteiger partial charge on any atom is -0.486 e. The molecule has 0 unspecified atom stereocenters. The van der Waals surface area contributed by atoms with Crippen molar-refractivity contribution < 1.29 is 24.5 Å². The second-order valence-corrected chi connectivity index (χ2v) is 18.6. The minimum atomic E-state index is -1.38. The molecule has 4 aromatic heterocycles. The van der Waals surface area contributed by atoms with Crippen LogP contribution in [0.25, 0.3) is 44.6 Å². The van der Waals surface area contributed by atoms with Gasteiger partial charge in [0.2, 0.25) is 5.71 Å². The fourth-order valence-electron chi connectivity index (χ4n) is 5.26. The molecular weight excluding hydrogens is 735 g/mol. The van der Waals surface area contributed by atoms with Crippen molar-refractivity contribution in [3.63, 3.8) is 0 Å². The third-order valence-corrected chi connectivity index (χ3v) is 9.58. The molecule has 0 aliphatic carbocycles. The normalized spacial score (nSPS) is 11.8. The monoisotopic (exact) mass is 776 g/mol. The fraction of sp³-hybridized carbons (Fsp3) is 0.289. The summed E-state index contributed by atoms with van der Waals surface area (Å²) in [5, 5.41) is 3.55. The average molecular weight is 776 g/mol. The Morgan fingerprint density at radius 3 is 2.25 bits per heavy atom. The van der Waals surface area contributed by atoms with Crippen molar-refractivity contribution >= 4 is 35.3 Å². The molecule has 6 heteroatoms. The van der Waals surface area contributed by atoms with E-state index >= 15 is 0 Å². The van der Waals surface area contributed by atoms with E-state index in [0.29, 0.717) is 11.6 Å². The number of pyridine rings is 3. The molecule has 0 atom stereocenters. The number of furan rings is 1. The van der Waals surface area contributed by atoms with Gasteiger partial charge < -0.3 is 14.4 Å². The molecule has 0 bridgehead atoms. The Labute approximate surface area is 276 Å². The van der Waals surface area contributed by atoms with Crippen molar-refractivity contribution in [1.29, 1.82) is 0 Å². The molecule has 0 fully saturated rings. The fourth-order valence-corrected chi connectivity index (χ4v) is 6.85. The van der Waals surface area contributed by atoms with Gasteiger partial charge in [0, 0.05) is 44.1 Å². The summed E-state index contributed by atoms with van der Waals surface area (Å²) in [6.07, 6.45) is 6.75. The maximum Gasteiger partial charge on any atom is 0.216 e. The smallest absolute Gasteiger partial charge is 0.216 e. The summed E-state index contributed by atoms with van der Waals surface area (Å²) in [7, 11) is -1.38. The topological polar surface area (TPSA) is 51.8 Å². The Hall–Kier alpha value is -3.44. The third-order valence-electron chi connectivity index (χ3n) is 7.51. The van der Waals surface area contributed by atoms with Crippen molar-refractivity contribution in [2.24, 2.45) is 5.92 Å². The van der Waals surface area contributed by atoms with Gasteiger partial charge in [0.25, 0.3) is 0 Å². The van der Waals surface area contributed by atoms with Gasteiger partial charge in [-0.1, -0.05) is 89.0 Å². The molecule has 229 valence electrons. The zero-order valence-corrected chi connectivity index (χ0v) is 30.3. The van der Waals surface area contributed by atoms with Gasteiger partial charge in [0.15, 0.2) is 0 Å². The van der Waals surface area contributed by atoms with Crippen LogP contribution in [-0.2, 0) is 31.9 Å². The van der Waals surface area contributed by atoms with E-state index in [0.717, 1.165) is 45.3 Å². The van der Waals surface area contributed by atoms with Crippen LogP contribution in [0.3, 0.4) is 0 Å². The molecule has 0 amide bonds. The first-order valence-corrected chi connectivity index (χ1v) is 18.5. The molecule has 4 nitrogen and oxygen atoms in total. The maximum atomic E-state index is 5.86. The average Bonchev–Trinajstić information content (AvgIpc) is 3.36. The van der Waals surface area contributed by atoms with Gasteiger partial charge in [-0.25, -0.2) is 4.98 Å². The summed E-state index contributed by atoms with van der Waals surface area (Å²) < 4.78 is 5.86. The van der Waals surface area contributed by atoms with Crippen LogP contribution in [0.15, 0.2) is 89.7 Å². The minimum absolute atomic E-state index is 0. The number of rotatable bonds is 5. The largest absolute Gasteiger partial charge is 0.486 e. The van der Waals surface area contributed by atoms with E-state index in [2.05, 4.69) is 107 Å². The Morgan fingerprint density at radius 2 is 1.61 bits per heavy atom. The molecule has 44 heavy (non-hydrogen) atoms. The van der Waals surface area contributed by atoms with Crippen LogP contribution in [0.5, 0.6) is 0 Å². The van der Waals surface area contributed by atoms with Gasteiger partial charge in [-0.3, -0.25) is 0 Å². The summed E-state index contributed by atoms with van der Waals surface area (Å²) in [4.78, 5) is 13.4. The van der Waals surface area contributed by atoms with E-state index in [4.69, 9.17) is 9.40 Å². The molecule has 0 saturated heterocycles. The standard InChI is InChI=1S/C22H32NSi.C16H9N2O.Ir/c1-16(2)13-18-14-20(23-15-21(18)24(6,7)8)17-9-11-19(12-10-17)22(3,4)5;1-2-9-17-14(8-1)13-6-3-5-11-12-7-4-10-18-16(12)19-15(11)13;/h9,11-12,14-16H,13H2,1-8H3;1-5,7-10H;/q2*-1;. The van der Waals surface area contributed by atoms with E-state index in [1.165, 1.54) is 16.3 Å². The Morgan fingerprint density at radius 1 is 0.841 bits per heavy atom. The molecule has 1 radical (unpaired) electrons. The predicted molar refractivity (Wildman–Crippen MR) is 182 cm³/mol. The first-order valence-electron chi connectivity index (χ1n) is 15.0. The molecule has 0 aliphatic rings. The van der Waals surface area contributed by atoms with Gasteiger partial charge in [-0.15, -0.1) is 53.6 Å². The molecule has 0 N–H and O–H groups in total. The number of aromatic nitrogens is 3. The second kappa shape index (κ2) is 13.7. The van der Waals surface area contributed by atoms with Crippen LogP contribution in [0.4, 0.5) is 0 Å². The van der Waals surface area contributed by atoms with Crippen LogP contribution >= 0.6 is 0 Å². The number of hydrogen-bond acceptors (Lipinski definition) is 4. The van der Waals surface area contributed by atoms with Gasteiger partial charge in [-0.2, -0.15) is 0 Å². The molecule has 0 spiro atoms. The molecular formula is C38H41IrN3OSi-2. The molecule has 6 rings (SSSR count). The first-order chi connectivity index (χ1) is 20.4. The van der Waals surface area contributed by atoms with Crippen molar-refractivity contribution in [3.8, 4) is 22.5 Å². The molecule has 0 aliphatic heterocycles. The molecule has 4 heterocycles. The predicted octanol–water partition coefficient (Wildman–Crippen LogP) is 9.43. The molecule has 2 aromatic carbocycles. The van der Waals surface area contributed by atoms with E-state index in [1.54, 1.807) is 12.4 Å². The van der Waals surface area contributed by atoms with E-state index in [1.807, 2.05) is 42.5 Å². The number of nitrogens with zero attached hydrogens (tertiary/aromatic N) is 3. The van der Waals surface area contributed by atoms with Crippen LogP contribution in [0.1, 0.15) is 45.7 Å². The second-order valence-electron chi connectivity index (χ2n) is 13.6. The zero-order valence-electron chi connectivity index (χ0n) is 27.0. The Balaban J connectivity index is 0.000000200. The van der Waals surface area contributed by atoms with Crippen molar-refractivity contribution in [2.45, 2.75) is 66.1 Å². The van der Waals surface area contributed by atoms with Crippen LogP contribution in [0.2, 0.25) is 19.6 Å². The SMILES string of the molecule is CC(C)Cc1cc(-c2[c-]cc(C(C)(C)C)cc2)ncc1[Si](C)(C)C.[Ir].[c-]1ccc2c(oc3ncccc32)c1-c1ccccn1. The van der Waals surface area contributed by atoms with Gasteiger partial charge in [0.1, 0.15) is 0 Å². The van der Waals surface area contributed by atoms with Gasteiger partial charge in [0.05, 0.1) is 13.7 Å². The quantitative estimate of drug-likeness (QED) is 0.129. The summed E-state index contributed by atoms with van der Waals surface area (Å²) >= 11 is 0. The van der Waals surface area contributed by atoms with Gasteiger partial charge in [-0.05, 0) is 52.5 Å².